The fourth-order valence-electron chi connectivity index (χ4n) is 1.68. The van der Waals surface area contributed by atoms with Crippen LogP contribution in [0.3, 0.4) is 0 Å². The van der Waals surface area contributed by atoms with E-state index in [9.17, 15) is 4.79 Å². The van der Waals surface area contributed by atoms with Crippen LogP contribution in [0.2, 0.25) is 0 Å². The number of hydrogen-bond acceptors (Lipinski definition) is 6. The van der Waals surface area contributed by atoms with Gasteiger partial charge < -0.3 is 19.3 Å². The third-order valence-corrected chi connectivity index (χ3v) is 3.27. The molecule has 0 saturated carbocycles. The molecule has 1 aromatic rings. The second-order valence-corrected chi connectivity index (χ2v) is 7.00. The maximum atomic E-state index is 12.0. The number of ether oxygens (including phenoxy) is 2. The second-order valence-electron chi connectivity index (χ2n) is 6.08. The molecule has 0 radical (unpaired) electrons. The Kier molecular flexibility index (Phi) is 7.70. The predicted molar refractivity (Wildman–Crippen MR) is 92.7 cm³/mol. The first-order valence-corrected chi connectivity index (χ1v) is 8.18. The van der Waals surface area contributed by atoms with E-state index in [1.54, 1.807) is 31.5 Å². The van der Waals surface area contributed by atoms with Gasteiger partial charge in [0.25, 0.3) is 0 Å². The number of halogens is 1. The molecule has 1 aromatic heterocycles. The molecular formula is C15H25BrN4O3. The van der Waals surface area contributed by atoms with Crippen molar-refractivity contribution in [2.45, 2.75) is 26.4 Å². The molecule has 1 amide bonds. The number of anilines is 1. The lowest BCUT2D eigenvalue weighted by atomic mass is 10.2. The zero-order valence-electron chi connectivity index (χ0n) is 14.4. The molecule has 0 saturated heterocycles. The predicted octanol–water partition coefficient (Wildman–Crippen LogP) is 2.56. The summed E-state index contributed by atoms with van der Waals surface area (Å²) in [6, 6.07) is 0. The summed E-state index contributed by atoms with van der Waals surface area (Å²) in [5.74, 6) is 0.600. The number of aromatic nitrogens is 2. The van der Waals surface area contributed by atoms with Crippen molar-refractivity contribution in [3.8, 4) is 0 Å². The van der Waals surface area contributed by atoms with Crippen molar-refractivity contribution in [3.05, 3.63) is 16.9 Å². The molecule has 8 heteroatoms. The normalized spacial score (nSPS) is 11.2. The molecule has 0 bridgehead atoms. The highest BCUT2D eigenvalue weighted by Crippen LogP contribution is 2.12. The SMILES string of the molecule is COCCN(CCN(C)C(=O)OC(C)(C)C)c1ncc(Br)cn1. The fourth-order valence-corrected chi connectivity index (χ4v) is 1.89. The Balaban J connectivity index is 2.63. The zero-order valence-corrected chi connectivity index (χ0v) is 16.0. The molecule has 1 heterocycles. The quantitative estimate of drug-likeness (QED) is 0.714. The first-order valence-electron chi connectivity index (χ1n) is 7.38. The van der Waals surface area contributed by atoms with Gasteiger partial charge in [-0.3, -0.25) is 0 Å². The number of carbonyl (C=O) groups excluding carboxylic acids is 1. The van der Waals surface area contributed by atoms with Crippen molar-refractivity contribution in [2.24, 2.45) is 0 Å². The summed E-state index contributed by atoms with van der Waals surface area (Å²) in [6.07, 6.45) is 3.04. The molecule has 1 rings (SSSR count). The average molecular weight is 389 g/mol. The molecule has 0 aliphatic heterocycles. The maximum absolute atomic E-state index is 12.0. The van der Waals surface area contributed by atoms with Gasteiger partial charge in [-0.15, -0.1) is 0 Å². The largest absolute Gasteiger partial charge is 0.444 e. The van der Waals surface area contributed by atoms with Gasteiger partial charge in [0, 0.05) is 46.2 Å². The number of rotatable bonds is 7. The lowest BCUT2D eigenvalue weighted by Crippen LogP contribution is -2.40. The van der Waals surface area contributed by atoms with Crippen LogP contribution in [-0.4, -0.2) is 67.0 Å². The van der Waals surface area contributed by atoms with E-state index < -0.39 is 5.60 Å². The van der Waals surface area contributed by atoms with E-state index in [4.69, 9.17) is 9.47 Å². The Hall–Kier alpha value is -1.41. The summed E-state index contributed by atoms with van der Waals surface area (Å²) in [5, 5.41) is 0. The molecule has 23 heavy (non-hydrogen) atoms. The molecule has 0 spiro atoms. The highest BCUT2D eigenvalue weighted by atomic mass is 79.9. The Labute approximate surface area is 146 Å². The van der Waals surface area contributed by atoms with Gasteiger partial charge >= 0.3 is 6.09 Å². The Morgan fingerprint density at radius 3 is 2.35 bits per heavy atom. The van der Waals surface area contributed by atoms with Crippen LogP contribution < -0.4 is 4.90 Å². The highest BCUT2D eigenvalue weighted by molar-refractivity contribution is 9.10. The monoisotopic (exact) mass is 388 g/mol. The molecule has 0 atom stereocenters. The van der Waals surface area contributed by atoms with Crippen LogP contribution in [0, 0.1) is 0 Å². The molecule has 0 aliphatic carbocycles. The fraction of sp³-hybridized carbons (Fsp3) is 0.667. The summed E-state index contributed by atoms with van der Waals surface area (Å²) < 4.78 is 11.3. The Morgan fingerprint density at radius 2 is 1.83 bits per heavy atom. The highest BCUT2D eigenvalue weighted by Gasteiger charge is 2.20. The topological polar surface area (TPSA) is 67.8 Å². The van der Waals surface area contributed by atoms with Crippen molar-refractivity contribution in [1.82, 2.24) is 14.9 Å². The van der Waals surface area contributed by atoms with Crippen molar-refractivity contribution in [3.63, 3.8) is 0 Å². The first kappa shape index (κ1) is 19.6. The van der Waals surface area contributed by atoms with E-state index in [1.165, 1.54) is 0 Å². The van der Waals surface area contributed by atoms with Crippen LogP contribution >= 0.6 is 15.9 Å². The third kappa shape index (κ3) is 7.60. The van der Waals surface area contributed by atoms with E-state index in [2.05, 4.69) is 25.9 Å². The van der Waals surface area contributed by atoms with Gasteiger partial charge in [-0.1, -0.05) is 0 Å². The van der Waals surface area contributed by atoms with Crippen molar-refractivity contribution < 1.29 is 14.3 Å². The number of amides is 1. The minimum atomic E-state index is -0.504. The summed E-state index contributed by atoms with van der Waals surface area (Å²) in [5.41, 5.74) is -0.504. The van der Waals surface area contributed by atoms with Crippen molar-refractivity contribution >= 4 is 28.0 Å². The van der Waals surface area contributed by atoms with E-state index >= 15 is 0 Å². The number of carbonyl (C=O) groups is 1. The molecule has 0 aliphatic rings. The van der Waals surface area contributed by atoms with Crippen LogP contribution in [0.15, 0.2) is 16.9 Å². The van der Waals surface area contributed by atoms with Gasteiger partial charge in [0.1, 0.15) is 5.60 Å². The molecule has 0 fully saturated rings. The van der Waals surface area contributed by atoms with E-state index in [0.717, 1.165) is 4.47 Å². The van der Waals surface area contributed by atoms with Gasteiger partial charge in [-0.05, 0) is 36.7 Å². The van der Waals surface area contributed by atoms with E-state index in [1.807, 2.05) is 25.7 Å². The summed E-state index contributed by atoms with van der Waals surface area (Å²) in [7, 11) is 3.36. The standard InChI is InChI=1S/C15H25BrN4O3/c1-15(2,3)23-14(21)19(4)6-7-20(8-9-22-5)13-17-10-12(16)11-18-13/h10-11H,6-9H2,1-5H3. The minimum absolute atomic E-state index is 0.346. The van der Waals surface area contributed by atoms with Gasteiger partial charge in [-0.2, -0.15) is 0 Å². The summed E-state index contributed by atoms with van der Waals surface area (Å²) in [6.45, 7) is 7.81. The van der Waals surface area contributed by atoms with Crippen LogP contribution in [0.1, 0.15) is 20.8 Å². The molecule has 0 aromatic carbocycles. The zero-order chi connectivity index (χ0) is 17.5. The van der Waals surface area contributed by atoms with E-state index in [0.29, 0.717) is 32.2 Å². The van der Waals surface area contributed by atoms with Crippen LogP contribution in [0.5, 0.6) is 0 Å². The number of hydrogen-bond donors (Lipinski definition) is 0. The van der Waals surface area contributed by atoms with Gasteiger partial charge in [-0.25, -0.2) is 14.8 Å². The number of nitrogens with zero attached hydrogens (tertiary/aromatic N) is 4. The van der Waals surface area contributed by atoms with Gasteiger partial charge in [0.05, 0.1) is 11.1 Å². The first-order chi connectivity index (χ1) is 10.7. The molecular weight excluding hydrogens is 364 g/mol. The maximum Gasteiger partial charge on any atom is 0.410 e. The number of methoxy groups -OCH3 is 1. The van der Waals surface area contributed by atoms with Crippen molar-refractivity contribution in [2.75, 3.05) is 45.3 Å². The Bertz CT molecular complexity index is 490. The minimum Gasteiger partial charge on any atom is -0.444 e. The third-order valence-electron chi connectivity index (χ3n) is 2.87. The van der Waals surface area contributed by atoms with Crippen molar-refractivity contribution in [1.29, 1.82) is 0 Å². The average Bonchev–Trinajstić information content (AvgIpc) is 2.46. The van der Waals surface area contributed by atoms with E-state index in [-0.39, 0.29) is 6.09 Å². The lowest BCUT2D eigenvalue weighted by molar-refractivity contribution is 0.0303. The Morgan fingerprint density at radius 1 is 1.22 bits per heavy atom. The molecule has 0 unspecified atom stereocenters. The van der Waals surface area contributed by atoms with Crippen LogP contribution in [0.4, 0.5) is 10.7 Å². The molecule has 130 valence electrons. The van der Waals surface area contributed by atoms with Gasteiger partial charge in [0.2, 0.25) is 5.95 Å². The molecule has 7 nitrogen and oxygen atoms in total. The van der Waals surface area contributed by atoms with Gasteiger partial charge in [0.15, 0.2) is 0 Å². The van der Waals surface area contributed by atoms with Crippen LogP contribution in [-0.2, 0) is 9.47 Å². The number of likely N-dealkylation sites (N-methyl/N-ethyl adjacent to an activating group) is 1. The smallest absolute Gasteiger partial charge is 0.410 e. The summed E-state index contributed by atoms with van der Waals surface area (Å²) >= 11 is 3.32. The van der Waals surface area contributed by atoms with Crippen LogP contribution in [0.25, 0.3) is 0 Å². The lowest BCUT2D eigenvalue weighted by Gasteiger charge is -2.27. The summed E-state index contributed by atoms with van der Waals surface area (Å²) in [4.78, 5) is 24.1. The second kappa shape index (κ2) is 9.02. The molecule has 0 N–H and O–H groups in total.